The average molecular weight is 218 g/mol. The van der Waals surface area contributed by atoms with Crippen molar-refractivity contribution in [2.24, 2.45) is 0 Å². The number of nitrogen functional groups attached to an aromatic ring is 1. The molecule has 2 aromatic rings. The maximum absolute atomic E-state index is 5.97. The van der Waals surface area contributed by atoms with Gasteiger partial charge in [-0.15, -0.1) is 0 Å². The van der Waals surface area contributed by atoms with E-state index in [4.69, 9.17) is 10.2 Å². The predicted molar refractivity (Wildman–Crippen MR) is 66.5 cm³/mol. The minimum Gasteiger partial charge on any atom is -0.438 e. The van der Waals surface area contributed by atoms with E-state index in [0.29, 0.717) is 11.6 Å². The second kappa shape index (κ2) is 4.16. The molecule has 0 bridgehead atoms. The first-order valence-corrected chi connectivity index (χ1v) is 5.80. The summed E-state index contributed by atoms with van der Waals surface area (Å²) in [5, 5.41) is 0. The van der Waals surface area contributed by atoms with Crippen molar-refractivity contribution in [3.63, 3.8) is 0 Å². The van der Waals surface area contributed by atoms with E-state index in [-0.39, 0.29) is 0 Å². The van der Waals surface area contributed by atoms with Gasteiger partial charge in [0.05, 0.1) is 5.69 Å². The second-order valence-corrected chi connectivity index (χ2v) is 4.49. The Hall–Kier alpha value is -1.51. The molecule has 0 saturated heterocycles. The summed E-state index contributed by atoms with van der Waals surface area (Å²) < 4.78 is 5.66. The van der Waals surface area contributed by atoms with E-state index < -0.39 is 0 Å². The summed E-state index contributed by atoms with van der Waals surface area (Å²) in [5.41, 5.74) is 9.50. The first kappa shape index (κ1) is 11.0. The molecule has 1 heterocycles. The number of benzene rings is 1. The normalized spacial score (nSPS) is 11.5. The highest BCUT2D eigenvalue weighted by Crippen LogP contribution is 2.27. The molecule has 0 aliphatic heterocycles. The third-order valence-corrected chi connectivity index (χ3v) is 2.63. The molecule has 0 radical (unpaired) electrons. The molecule has 0 fully saturated rings. The van der Waals surface area contributed by atoms with Crippen LogP contribution in [0, 0.1) is 0 Å². The molecule has 3 heteroatoms. The largest absolute Gasteiger partial charge is 0.438 e. The van der Waals surface area contributed by atoms with Crippen LogP contribution in [-0.2, 0) is 6.42 Å². The number of nitrogens with zero attached hydrogens (tertiary/aromatic N) is 1. The van der Waals surface area contributed by atoms with Crippen LogP contribution in [0.25, 0.3) is 11.1 Å². The first-order valence-electron chi connectivity index (χ1n) is 5.80. The minimum absolute atomic E-state index is 0.293. The van der Waals surface area contributed by atoms with E-state index in [9.17, 15) is 0 Å². The van der Waals surface area contributed by atoms with Gasteiger partial charge in [-0.1, -0.05) is 27.2 Å². The number of hydrogen-bond donors (Lipinski definition) is 1. The van der Waals surface area contributed by atoms with E-state index in [0.717, 1.165) is 29.8 Å². The monoisotopic (exact) mass is 218 g/mol. The summed E-state index contributed by atoms with van der Waals surface area (Å²) >= 11 is 0. The van der Waals surface area contributed by atoms with E-state index in [1.165, 1.54) is 5.56 Å². The molecule has 0 atom stereocenters. The Morgan fingerprint density at radius 3 is 2.75 bits per heavy atom. The molecule has 1 aromatic carbocycles. The summed E-state index contributed by atoms with van der Waals surface area (Å²) in [5.74, 6) is 1.05. The SMILES string of the molecule is CCCc1cc(N)c2oc(C(C)C)nc2c1. The molecule has 2 N–H and O–H groups in total. The maximum atomic E-state index is 5.97. The number of fused-ring (bicyclic) bond motifs is 1. The average Bonchev–Trinajstić information content (AvgIpc) is 2.62. The van der Waals surface area contributed by atoms with Gasteiger partial charge in [0.25, 0.3) is 0 Å². The molecule has 0 spiro atoms. The van der Waals surface area contributed by atoms with Gasteiger partial charge in [0.2, 0.25) is 0 Å². The minimum atomic E-state index is 0.293. The van der Waals surface area contributed by atoms with Crippen molar-refractivity contribution in [3.8, 4) is 0 Å². The number of nitrogens with two attached hydrogens (primary N) is 1. The molecule has 0 amide bonds. The third kappa shape index (κ3) is 1.90. The Labute approximate surface area is 95.7 Å². The van der Waals surface area contributed by atoms with Crippen LogP contribution in [0.5, 0.6) is 0 Å². The quantitative estimate of drug-likeness (QED) is 0.802. The van der Waals surface area contributed by atoms with Gasteiger partial charge in [-0.05, 0) is 24.1 Å². The van der Waals surface area contributed by atoms with Crippen molar-refractivity contribution in [1.29, 1.82) is 0 Å². The number of rotatable bonds is 3. The highest BCUT2D eigenvalue weighted by molar-refractivity contribution is 5.85. The lowest BCUT2D eigenvalue weighted by Crippen LogP contribution is -1.90. The standard InChI is InChI=1S/C13H18N2O/c1-4-5-9-6-10(14)12-11(7-9)15-13(16-12)8(2)3/h6-8H,4-5,14H2,1-3H3. The molecule has 0 aliphatic rings. The van der Waals surface area contributed by atoms with Crippen LogP contribution in [0.2, 0.25) is 0 Å². The number of anilines is 1. The fourth-order valence-electron chi connectivity index (χ4n) is 1.82. The molecule has 0 unspecified atom stereocenters. The number of hydrogen-bond acceptors (Lipinski definition) is 3. The molecule has 3 nitrogen and oxygen atoms in total. The van der Waals surface area contributed by atoms with Crippen molar-refractivity contribution in [2.75, 3.05) is 5.73 Å². The molecule has 16 heavy (non-hydrogen) atoms. The van der Waals surface area contributed by atoms with Gasteiger partial charge in [-0.2, -0.15) is 0 Å². The van der Waals surface area contributed by atoms with Crippen molar-refractivity contribution in [2.45, 2.75) is 39.5 Å². The van der Waals surface area contributed by atoms with Gasteiger partial charge < -0.3 is 10.2 Å². The van der Waals surface area contributed by atoms with E-state index in [2.05, 4.69) is 31.8 Å². The lowest BCUT2D eigenvalue weighted by Gasteiger charge is -2.00. The molecule has 86 valence electrons. The third-order valence-electron chi connectivity index (χ3n) is 2.63. The number of oxazole rings is 1. The van der Waals surface area contributed by atoms with Crippen molar-refractivity contribution < 1.29 is 4.42 Å². The first-order chi connectivity index (χ1) is 7.61. The Kier molecular flexibility index (Phi) is 2.86. The maximum Gasteiger partial charge on any atom is 0.198 e. The summed E-state index contributed by atoms with van der Waals surface area (Å²) in [6.07, 6.45) is 2.14. The lowest BCUT2D eigenvalue weighted by molar-refractivity contribution is 0.502. The van der Waals surface area contributed by atoms with Crippen molar-refractivity contribution >= 4 is 16.8 Å². The summed E-state index contributed by atoms with van der Waals surface area (Å²) in [7, 11) is 0. The van der Waals surface area contributed by atoms with Gasteiger partial charge in [-0.25, -0.2) is 4.98 Å². The van der Waals surface area contributed by atoms with Crippen LogP contribution >= 0.6 is 0 Å². The van der Waals surface area contributed by atoms with Gasteiger partial charge >= 0.3 is 0 Å². The van der Waals surface area contributed by atoms with Gasteiger partial charge in [0.15, 0.2) is 11.5 Å². The smallest absolute Gasteiger partial charge is 0.198 e. The van der Waals surface area contributed by atoms with Crippen LogP contribution in [0.1, 0.15) is 44.6 Å². The zero-order chi connectivity index (χ0) is 11.7. The molecule has 1 aromatic heterocycles. The molecular formula is C13H18N2O. The Morgan fingerprint density at radius 2 is 2.12 bits per heavy atom. The van der Waals surface area contributed by atoms with Crippen LogP contribution < -0.4 is 5.73 Å². The summed E-state index contributed by atoms with van der Waals surface area (Å²) in [4.78, 5) is 4.47. The molecule has 0 aliphatic carbocycles. The fraction of sp³-hybridized carbons (Fsp3) is 0.462. The molecule has 2 rings (SSSR count). The van der Waals surface area contributed by atoms with E-state index in [1.54, 1.807) is 0 Å². The predicted octanol–water partition coefficient (Wildman–Crippen LogP) is 3.49. The Bertz CT molecular complexity index is 500. The zero-order valence-corrected chi connectivity index (χ0v) is 10.1. The topological polar surface area (TPSA) is 52.0 Å². The van der Waals surface area contributed by atoms with Gasteiger partial charge in [-0.3, -0.25) is 0 Å². The number of aromatic nitrogens is 1. The molecule has 0 saturated carbocycles. The highest BCUT2D eigenvalue weighted by Gasteiger charge is 2.12. The van der Waals surface area contributed by atoms with Gasteiger partial charge in [0, 0.05) is 5.92 Å². The highest BCUT2D eigenvalue weighted by atomic mass is 16.3. The van der Waals surface area contributed by atoms with Crippen LogP contribution in [0.3, 0.4) is 0 Å². The Morgan fingerprint density at radius 1 is 1.38 bits per heavy atom. The lowest BCUT2D eigenvalue weighted by atomic mass is 10.1. The molecular weight excluding hydrogens is 200 g/mol. The van der Waals surface area contributed by atoms with Gasteiger partial charge in [0.1, 0.15) is 5.52 Å². The zero-order valence-electron chi connectivity index (χ0n) is 10.1. The summed E-state index contributed by atoms with van der Waals surface area (Å²) in [6.45, 7) is 6.28. The Balaban J connectivity index is 2.54. The van der Waals surface area contributed by atoms with Crippen LogP contribution in [0.15, 0.2) is 16.5 Å². The van der Waals surface area contributed by atoms with Crippen molar-refractivity contribution in [1.82, 2.24) is 4.98 Å². The van der Waals surface area contributed by atoms with Crippen LogP contribution in [-0.4, -0.2) is 4.98 Å². The van der Waals surface area contributed by atoms with E-state index >= 15 is 0 Å². The van der Waals surface area contributed by atoms with Crippen LogP contribution in [0.4, 0.5) is 5.69 Å². The number of aryl methyl sites for hydroxylation is 1. The summed E-state index contributed by atoms with van der Waals surface area (Å²) in [6, 6.07) is 4.06. The fourth-order valence-corrected chi connectivity index (χ4v) is 1.82. The second-order valence-electron chi connectivity index (χ2n) is 4.49. The van der Waals surface area contributed by atoms with E-state index in [1.807, 2.05) is 6.07 Å². The van der Waals surface area contributed by atoms with Crippen molar-refractivity contribution in [3.05, 3.63) is 23.6 Å².